The van der Waals surface area contributed by atoms with Crippen LogP contribution in [-0.4, -0.2) is 30.8 Å². The van der Waals surface area contributed by atoms with Gasteiger partial charge in [-0.3, -0.25) is 9.59 Å². The SMILES string of the molecule is Cc1c(Cc2ccc(Br)cc2F)c(C(=O)CS(C)(=O)=O)cn(C)c1=O. The zero-order chi connectivity index (χ0) is 18.9. The first-order valence-electron chi connectivity index (χ1n) is 7.33. The largest absolute Gasteiger partial charge is 0.318 e. The molecule has 2 rings (SSSR count). The predicted molar refractivity (Wildman–Crippen MR) is 97.4 cm³/mol. The van der Waals surface area contributed by atoms with Crippen molar-refractivity contribution in [2.75, 3.05) is 12.0 Å². The lowest BCUT2D eigenvalue weighted by Crippen LogP contribution is -2.26. The van der Waals surface area contributed by atoms with Crippen LogP contribution in [0.15, 0.2) is 33.7 Å². The maximum absolute atomic E-state index is 14.2. The van der Waals surface area contributed by atoms with E-state index in [1.165, 1.54) is 23.9 Å². The fraction of sp³-hybridized carbons (Fsp3) is 0.294. The number of aryl methyl sites for hydroxylation is 1. The molecule has 0 unspecified atom stereocenters. The Morgan fingerprint density at radius 2 is 1.96 bits per heavy atom. The van der Waals surface area contributed by atoms with Crippen molar-refractivity contribution in [2.24, 2.45) is 7.05 Å². The highest BCUT2D eigenvalue weighted by atomic mass is 79.9. The van der Waals surface area contributed by atoms with E-state index in [1.54, 1.807) is 19.1 Å². The van der Waals surface area contributed by atoms with Crippen LogP contribution in [0.2, 0.25) is 0 Å². The van der Waals surface area contributed by atoms with Gasteiger partial charge in [-0.2, -0.15) is 0 Å². The van der Waals surface area contributed by atoms with E-state index in [0.717, 1.165) is 6.26 Å². The zero-order valence-corrected chi connectivity index (χ0v) is 16.4. The van der Waals surface area contributed by atoms with Crippen LogP contribution in [0, 0.1) is 12.7 Å². The molecule has 0 radical (unpaired) electrons. The summed E-state index contributed by atoms with van der Waals surface area (Å²) in [5, 5.41) is 0. The van der Waals surface area contributed by atoms with Crippen molar-refractivity contribution in [1.82, 2.24) is 4.57 Å². The van der Waals surface area contributed by atoms with Crippen molar-refractivity contribution in [3.8, 4) is 0 Å². The number of halogens is 2. The molecule has 2 aromatic rings. The van der Waals surface area contributed by atoms with Gasteiger partial charge in [0.2, 0.25) is 0 Å². The molecule has 1 aromatic carbocycles. The Morgan fingerprint density at radius 3 is 2.52 bits per heavy atom. The van der Waals surface area contributed by atoms with E-state index in [2.05, 4.69) is 15.9 Å². The van der Waals surface area contributed by atoms with Gasteiger partial charge in [0, 0.05) is 41.5 Å². The minimum atomic E-state index is -3.53. The van der Waals surface area contributed by atoms with Crippen molar-refractivity contribution in [3.63, 3.8) is 0 Å². The molecule has 0 spiro atoms. The van der Waals surface area contributed by atoms with Crippen LogP contribution in [-0.2, 0) is 23.3 Å². The topological polar surface area (TPSA) is 73.2 Å². The van der Waals surface area contributed by atoms with Crippen LogP contribution in [0.1, 0.15) is 27.0 Å². The molecule has 25 heavy (non-hydrogen) atoms. The van der Waals surface area contributed by atoms with Gasteiger partial charge in [0.25, 0.3) is 5.56 Å². The molecular formula is C17H17BrFNO4S. The van der Waals surface area contributed by atoms with E-state index in [-0.39, 0.29) is 17.5 Å². The maximum Gasteiger partial charge on any atom is 0.253 e. The van der Waals surface area contributed by atoms with Gasteiger partial charge in [-0.25, -0.2) is 12.8 Å². The number of rotatable bonds is 5. The van der Waals surface area contributed by atoms with Crippen LogP contribution in [0.4, 0.5) is 4.39 Å². The highest BCUT2D eigenvalue weighted by Gasteiger charge is 2.21. The molecule has 5 nitrogen and oxygen atoms in total. The first-order chi connectivity index (χ1) is 11.5. The number of pyridine rings is 1. The van der Waals surface area contributed by atoms with Crippen molar-refractivity contribution < 1.29 is 17.6 Å². The maximum atomic E-state index is 14.2. The second-order valence-electron chi connectivity index (χ2n) is 5.97. The summed E-state index contributed by atoms with van der Waals surface area (Å²) in [7, 11) is -2.05. The van der Waals surface area contributed by atoms with Gasteiger partial charge in [0.1, 0.15) is 11.6 Å². The number of carbonyl (C=O) groups is 1. The summed E-state index contributed by atoms with van der Waals surface area (Å²) in [6.45, 7) is 1.55. The fourth-order valence-electron chi connectivity index (χ4n) is 2.57. The van der Waals surface area contributed by atoms with Crippen LogP contribution in [0.25, 0.3) is 0 Å². The van der Waals surface area contributed by atoms with E-state index in [4.69, 9.17) is 0 Å². The molecule has 1 aromatic heterocycles. The molecule has 0 saturated carbocycles. The number of aromatic nitrogens is 1. The van der Waals surface area contributed by atoms with Gasteiger partial charge >= 0.3 is 0 Å². The summed E-state index contributed by atoms with van der Waals surface area (Å²) in [4.78, 5) is 24.6. The molecule has 0 N–H and O–H groups in total. The monoisotopic (exact) mass is 429 g/mol. The number of sulfone groups is 1. The molecule has 0 bridgehead atoms. The number of Topliss-reactive ketones (excluding diaryl/α,β-unsaturated/α-hetero) is 1. The Morgan fingerprint density at radius 1 is 1.32 bits per heavy atom. The average Bonchev–Trinajstić information content (AvgIpc) is 2.48. The quantitative estimate of drug-likeness (QED) is 0.684. The van der Waals surface area contributed by atoms with Gasteiger partial charge in [-0.1, -0.05) is 22.0 Å². The Hall–Kier alpha value is -1.80. The van der Waals surface area contributed by atoms with E-state index >= 15 is 0 Å². The minimum Gasteiger partial charge on any atom is -0.318 e. The van der Waals surface area contributed by atoms with Gasteiger partial charge in [0.05, 0.1) is 0 Å². The van der Waals surface area contributed by atoms with E-state index in [9.17, 15) is 22.4 Å². The van der Waals surface area contributed by atoms with Gasteiger partial charge < -0.3 is 4.57 Å². The molecular weight excluding hydrogens is 413 g/mol. The molecule has 0 aliphatic heterocycles. The molecule has 0 aliphatic rings. The predicted octanol–water partition coefficient (Wildman–Crippen LogP) is 2.41. The molecule has 1 heterocycles. The van der Waals surface area contributed by atoms with Crippen molar-refractivity contribution in [1.29, 1.82) is 0 Å². The van der Waals surface area contributed by atoms with Gasteiger partial charge in [-0.15, -0.1) is 0 Å². The second-order valence-corrected chi connectivity index (χ2v) is 9.02. The molecule has 0 aliphatic carbocycles. The third-order valence-electron chi connectivity index (χ3n) is 3.82. The average molecular weight is 430 g/mol. The van der Waals surface area contributed by atoms with Gasteiger partial charge in [-0.05, 0) is 30.2 Å². The smallest absolute Gasteiger partial charge is 0.253 e. The number of hydrogen-bond donors (Lipinski definition) is 0. The summed E-state index contributed by atoms with van der Waals surface area (Å²) in [6.07, 6.45) is 2.30. The minimum absolute atomic E-state index is 0.0197. The van der Waals surface area contributed by atoms with Crippen LogP contribution in [0.5, 0.6) is 0 Å². The number of hydrogen-bond acceptors (Lipinski definition) is 4. The highest BCUT2D eigenvalue weighted by molar-refractivity contribution is 9.10. The zero-order valence-electron chi connectivity index (χ0n) is 14.0. The molecule has 0 amide bonds. The summed E-state index contributed by atoms with van der Waals surface area (Å²) in [6, 6.07) is 4.51. The van der Waals surface area contributed by atoms with E-state index in [1.807, 2.05) is 0 Å². The highest BCUT2D eigenvalue weighted by Crippen LogP contribution is 2.22. The fourth-order valence-corrected chi connectivity index (χ4v) is 3.53. The van der Waals surface area contributed by atoms with Crippen LogP contribution >= 0.6 is 15.9 Å². The third kappa shape index (κ3) is 4.64. The first kappa shape index (κ1) is 19.5. The lowest BCUT2D eigenvalue weighted by molar-refractivity contribution is 0.101. The van der Waals surface area contributed by atoms with E-state index < -0.39 is 27.2 Å². The molecule has 0 fully saturated rings. The van der Waals surface area contributed by atoms with Crippen molar-refractivity contribution >= 4 is 31.6 Å². The first-order valence-corrected chi connectivity index (χ1v) is 10.2. The number of carbonyl (C=O) groups excluding carboxylic acids is 1. The second kappa shape index (κ2) is 7.21. The normalized spacial score (nSPS) is 11.6. The van der Waals surface area contributed by atoms with Crippen molar-refractivity contribution in [2.45, 2.75) is 13.3 Å². The number of benzene rings is 1. The standard InChI is InChI=1S/C17H17BrFNO4S/c1-10-13(6-11-4-5-12(18)7-15(11)19)14(8-20(2)17(10)22)16(21)9-25(3,23)24/h4-5,7-8H,6,9H2,1-3H3. The summed E-state index contributed by atoms with van der Waals surface area (Å²) < 4.78 is 38.9. The van der Waals surface area contributed by atoms with Crippen LogP contribution in [0.3, 0.4) is 0 Å². The van der Waals surface area contributed by atoms with Crippen molar-refractivity contribution in [3.05, 3.63) is 67.3 Å². The summed E-state index contributed by atoms with van der Waals surface area (Å²) >= 11 is 3.17. The Balaban J connectivity index is 2.60. The molecule has 134 valence electrons. The third-order valence-corrected chi connectivity index (χ3v) is 5.10. The summed E-state index contributed by atoms with van der Waals surface area (Å²) in [5.74, 6) is -1.76. The Labute approximate surface area is 153 Å². The molecule has 0 saturated heterocycles. The Bertz CT molecular complexity index is 1010. The van der Waals surface area contributed by atoms with E-state index in [0.29, 0.717) is 21.2 Å². The Kier molecular flexibility index (Phi) is 5.63. The van der Waals surface area contributed by atoms with Gasteiger partial charge in [0.15, 0.2) is 15.6 Å². The lowest BCUT2D eigenvalue weighted by Gasteiger charge is -2.14. The molecule has 0 atom stereocenters. The summed E-state index contributed by atoms with van der Waals surface area (Å²) in [5.41, 5.74) is 0.755. The molecule has 8 heteroatoms. The number of nitrogens with zero attached hydrogens (tertiary/aromatic N) is 1. The number of ketones is 1. The van der Waals surface area contributed by atoms with Crippen LogP contribution < -0.4 is 5.56 Å². The lowest BCUT2D eigenvalue weighted by atomic mass is 9.95.